The van der Waals surface area contributed by atoms with E-state index in [9.17, 15) is 0 Å². The zero-order valence-corrected chi connectivity index (χ0v) is 10.0. The van der Waals surface area contributed by atoms with E-state index < -0.39 is 0 Å². The summed E-state index contributed by atoms with van der Waals surface area (Å²) >= 11 is 0. The van der Waals surface area contributed by atoms with Crippen LogP contribution in [0.15, 0.2) is 36.7 Å². The van der Waals surface area contributed by atoms with Crippen molar-refractivity contribution >= 4 is 11.9 Å². The number of hydrogen-bond acceptors (Lipinski definition) is 3. The van der Waals surface area contributed by atoms with Crippen molar-refractivity contribution in [3.8, 4) is 5.75 Å². The first-order chi connectivity index (χ1) is 8.79. The van der Waals surface area contributed by atoms with Gasteiger partial charge in [-0.2, -0.15) is 0 Å². The fraction of sp³-hybridized carbons (Fsp3) is 0.167. The van der Waals surface area contributed by atoms with Crippen molar-refractivity contribution in [2.75, 3.05) is 12.4 Å². The molecule has 2 rings (SSSR count). The molecule has 6 heteroatoms. The zero-order chi connectivity index (χ0) is 12.8. The summed E-state index contributed by atoms with van der Waals surface area (Å²) < 4.78 is 5.23. The molecule has 1 heterocycles. The highest BCUT2D eigenvalue weighted by Crippen LogP contribution is 2.16. The number of benzene rings is 1. The Morgan fingerprint density at radius 1 is 1.44 bits per heavy atom. The van der Waals surface area contributed by atoms with Crippen LogP contribution >= 0.6 is 0 Å². The van der Waals surface area contributed by atoms with Crippen LogP contribution < -0.4 is 15.4 Å². The lowest BCUT2D eigenvalue weighted by Crippen LogP contribution is -2.29. The lowest BCUT2D eigenvalue weighted by molar-refractivity contribution is 0.409. The molecule has 0 saturated carbocycles. The number of guanidine groups is 1. The Morgan fingerprint density at radius 3 is 3.00 bits per heavy atom. The molecular weight excluding hydrogens is 230 g/mol. The number of rotatable bonds is 4. The van der Waals surface area contributed by atoms with Gasteiger partial charge in [0, 0.05) is 24.5 Å². The number of nitrogens with one attached hydrogen (secondary N) is 4. The predicted molar refractivity (Wildman–Crippen MR) is 69.8 cm³/mol. The highest BCUT2D eigenvalue weighted by molar-refractivity contribution is 5.89. The van der Waals surface area contributed by atoms with Crippen LogP contribution in [0.1, 0.15) is 5.56 Å². The monoisotopic (exact) mass is 245 g/mol. The lowest BCUT2D eigenvalue weighted by atomic mass is 10.2. The summed E-state index contributed by atoms with van der Waals surface area (Å²) in [6, 6.07) is 7.68. The van der Waals surface area contributed by atoms with Gasteiger partial charge in [-0.05, 0) is 6.07 Å². The van der Waals surface area contributed by atoms with Crippen LogP contribution in [-0.4, -0.2) is 23.0 Å². The molecule has 94 valence electrons. The van der Waals surface area contributed by atoms with Gasteiger partial charge in [0.15, 0.2) is 5.96 Å². The Morgan fingerprint density at radius 2 is 2.28 bits per heavy atom. The molecule has 0 amide bonds. The van der Waals surface area contributed by atoms with E-state index in [1.165, 1.54) is 0 Å². The number of para-hydroxylation sites is 1. The summed E-state index contributed by atoms with van der Waals surface area (Å²) in [5, 5.41) is 13.5. The molecule has 0 spiro atoms. The van der Waals surface area contributed by atoms with E-state index in [1.54, 1.807) is 19.5 Å². The molecule has 0 bridgehead atoms. The first kappa shape index (κ1) is 12.0. The molecule has 0 unspecified atom stereocenters. The normalized spacial score (nSPS) is 9.83. The largest absolute Gasteiger partial charge is 0.496 e. The molecule has 0 atom stereocenters. The minimum Gasteiger partial charge on any atom is -0.496 e. The van der Waals surface area contributed by atoms with E-state index in [1.807, 2.05) is 24.3 Å². The van der Waals surface area contributed by atoms with E-state index in [2.05, 4.69) is 20.6 Å². The number of methoxy groups -OCH3 is 1. The minimum atomic E-state index is 0.177. The summed E-state index contributed by atoms with van der Waals surface area (Å²) in [6.45, 7) is 0.510. The Bertz CT molecular complexity index is 509. The lowest BCUT2D eigenvalue weighted by Gasteiger charge is -2.11. The molecule has 18 heavy (non-hydrogen) atoms. The molecule has 6 nitrogen and oxygen atoms in total. The standard InChI is InChI=1S/C12H15N5O/c1-18-10-5-3-2-4-9(10)8-16-11(13)17-12-14-6-7-15-12/h2-7H,8H2,1H3,(H4,13,14,15,16,17). The van der Waals surface area contributed by atoms with Gasteiger partial charge >= 0.3 is 0 Å². The summed E-state index contributed by atoms with van der Waals surface area (Å²) in [5.41, 5.74) is 0.992. The summed E-state index contributed by atoms with van der Waals surface area (Å²) in [4.78, 5) is 6.83. The molecular formula is C12H15N5O. The predicted octanol–water partition coefficient (Wildman–Crippen LogP) is 1.55. The van der Waals surface area contributed by atoms with Crippen molar-refractivity contribution < 1.29 is 4.74 Å². The Hall–Kier alpha value is -2.50. The van der Waals surface area contributed by atoms with Crippen LogP contribution in [-0.2, 0) is 6.54 Å². The smallest absolute Gasteiger partial charge is 0.206 e. The van der Waals surface area contributed by atoms with Gasteiger partial charge in [-0.15, -0.1) is 0 Å². The summed E-state index contributed by atoms with van der Waals surface area (Å²) in [7, 11) is 1.63. The van der Waals surface area contributed by atoms with E-state index >= 15 is 0 Å². The van der Waals surface area contributed by atoms with Crippen LogP contribution in [0.4, 0.5) is 5.95 Å². The Kier molecular flexibility index (Phi) is 3.80. The van der Waals surface area contributed by atoms with Crippen LogP contribution in [0.5, 0.6) is 5.75 Å². The second kappa shape index (κ2) is 5.72. The number of aromatic nitrogens is 2. The molecule has 1 aromatic carbocycles. The van der Waals surface area contributed by atoms with Crippen LogP contribution in [0.25, 0.3) is 0 Å². The minimum absolute atomic E-state index is 0.177. The maximum Gasteiger partial charge on any atom is 0.206 e. The second-order valence-electron chi connectivity index (χ2n) is 3.60. The Labute approximate surface area is 105 Å². The number of imidazole rings is 1. The molecule has 0 radical (unpaired) electrons. The third-order valence-electron chi connectivity index (χ3n) is 2.39. The fourth-order valence-corrected chi connectivity index (χ4v) is 1.53. The topological polar surface area (TPSA) is 85.8 Å². The average molecular weight is 245 g/mol. The van der Waals surface area contributed by atoms with Crippen molar-refractivity contribution in [2.24, 2.45) is 0 Å². The first-order valence-electron chi connectivity index (χ1n) is 5.50. The molecule has 0 fully saturated rings. The van der Waals surface area contributed by atoms with Gasteiger partial charge in [-0.1, -0.05) is 18.2 Å². The number of anilines is 1. The van der Waals surface area contributed by atoms with E-state index in [0.29, 0.717) is 12.5 Å². The molecule has 0 saturated heterocycles. The Balaban J connectivity index is 1.89. The van der Waals surface area contributed by atoms with Crippen molar-refractivity contribution in [1.29, 1.82) is 5.41 Å². The van der Waals surface area contributed by atoms with Gasteiger partial charge in [-0.3, -0.25) is 10.7 Å². The van der Waals surface area contributed by atoms with Crippen molar-refractivity contribution in [3.63, 3.8) is 0 Å². The van der Waals surface area contributed by atoms with Crippen LogP contribution in [0, 0.1) is 5.41 Å². The van der Waals surface area contributed by atoms with Crippen LogP contribution in [0.2, 0.25) is 0 Å². The quantitative estimate of drug-likeness (QED) is 0.486. The van der Waals surface area contributed by atoms with Crippen molar-refractivity contribution in [2.45, 2.75) is 6.54 Å². The first-order valence-corrected chi connectivity index (χ1v) is 5.50. The molecule has 1 aromatic heterocycles. The van der Waals surface area contributed by atoms with Gasteiger partial charge in [-0.25, -0.2) is 4.98 Å². The number of nitrogens with zero attached hydrogens (tertiary/aromatic N) is 1. The third kappa shape index (κ3) is 3.00. The summed E-state index contributed by atoms with van der Waals surface area (Å²) in [5.74, 6) is 1.51. The van der Waals surface area contributed by atoms with E-state index in [-0.39, 0.29) is 5.96 Å². The second-order valence-corrected chi connectivity index (χ2v) is 3.60. The SMILES string of the molecule is COc1ccccc1CNC(=N)Nc1ncc[nH]1. The van der Waals surface area contributed by atoms with E-state index in [0.717, 1.165) is 11.3 Å². The number of H-pyrrole nitrogens is 1. The molecule has 0 aliphatic carbocycles. The highest BCUT2D eigenvalue weighted by Gasteiger charge is 2.03. The molecule has 0 aliphatic heterocycles. The van der Waals surface area contributed by atoms with Crippen molar-refractivity contribution in [1.82, 2.24) is 15.3 Å². The average Bonchev–Trinajstić information content (AvgIpc) is 2.89. The third-order valence-corrected chi connectivity index (χ3v) is 2.39. The summed E-state index contributed by atoms with van der Waals surface area (Å²) in [6.07, 6.45) is 3.31. The van der Waals surface area contributed by atoms with Crippen molar-refractivity contribution in [3.05, 3.63) is 42.2 Å². The maximum absolute atomic E-state index is 7.72. The zero-order valence-electron chi connectivity index (χ0n) is 10.0. The van der Waals surface area contributed by atoms with Gasteiger partial charge in [0.25, 0.3) is 0 Å². The fourth-order valence-electron chi connectivity index (χ4n) is 1.53. The van der Waals surface area contributed by atoms with Gasteiger partial charge in [0.2, 0.25) is 5.95 Å². The number of hydrogen-bond donors (Lipinski definition) is 4. The molecule has 0 aliphatic rings. The number of aromatic amines is 1. The maximum atomic E-state index is 7.72. The van der Waals surface area contributed by atoms with Crippen LogP contribution in [0.3, 0.4) is 0 Å². The highest BCUT2D eigenvalue weighted by atomic mass is 16.5. The molecule has 4 N–H and O–H groups in total. The van der Waals surface area contributed by atoms with E-state index in [4.69, 9.17) is 10.1 Å². The van der Waals surface area contributed by atoms with Gasteiger partial charge < -0.3 is 15.0 Å². The van der Waals surface area contributed by atoms with Gasteiger partial charge in [0.1, 0.15) is 5.75 Å². The molecule has 2 aromatic rings. The number of ether oxygens (including phenoxy) is 1. The van der Waals surface area contributed by atoms with Gasteiger partial charge in [0.05, 0.1) is 7.11 Å².